The van der Waals surface area contributed by atoms with Crippen LogP contribution in [0.5, 0.6) is 0 Å². The predicted octanol–water partition coefficient (Wildman–Crippen LogP) is 1.88. The third-order valence-electron chi connectivity index (χ3n) is 3.71. The maximum absolute atomic E-state index is 11.4. The Morgan fingerprint density at radius 1 is 0.818 bits per heavy atom. The first kappa shape index (κ1) is 14.3. The summed E-state index contributed by atoms with van der Waals surface area (Å²) in [4.78, 5) is 27.9. The highest BCUT2D eigenvalue weighted by molar-refractivity contribution is 5.74. The van der Waals surface area contributed by atoms with E-state index in [-0.39, 0.29) is 6.04 Å². The molecule has 0 fully saturated rings. The number of hydrogen-bond donors (Lipinski definition) is 3. The highest BCUT2D eigenvalue weighted by atomic mass is 16.2. The third-order valence-corrected chi connectivity index (χ3v) is 3.71. The van der Waals surface area contributed by atoms with E-state index in [1.54, 1.807) is 12.1 Å². The molecule has 112 valence electrons. The van der Waals surface area contributed by atoms with E-state index in [2.05, 4.69) is 28.2 Å². The topological polar surface area (TPSA) is 91.7 Å². The Bertz CT molecular complexity index is 949. The Hall–Kier alpha value is -2.66. The molecule has 0 aliphatic heterocycles. The highest BCUT2D eigenvalue weighted by Crippen LogP contribution is 2.23. The fourth-order valence-corrected chi connectivity index (χ4v) is 2.71. The van der Waals surface area contributed by atoms with Gasteiger partial charge in [0.2, 0.25) is 0 Å². The summed E-state index contributed by atoms with van der Waals surface area (Å²) in [5, 5.41) is 0. The van der Waals surface area contributed by atoms with E-state index in [0.717, 1.165) is 22.3 Å². The number of nitrogens with two attached hydrogens (primary N) is 1. The molecule has 1 atom stereocenters. The molecule has 0 amide bonds. The molecule has 0 saturated carbocycles. The number of H-pyrrole nitrogens is 2. The molecule has 22 heavy (non-hydrogen) atoms. The smallest absolute Gasteiger partial charge is 0.314 e. The Morgan fingerprint density at radius 3 is 2.05 bits per heavy atom. The molecule has 0 aliphatic carbocycles. The molecule has 2 aromatic carbocycles. The number of fused-ring (bicyclic) bond motifs is 1. The molecular weight excluding hydrogens is 278 g/mol. The van der Waals surface area contributed by atoms with Crippen LogP contribution in [-0.2, 0) is 0 Å². The molecule has 0 bridgehead atoms. The van der Waals surface area contributed by atoms with Crippen LogP contribution in [-0.4, -0.2) is 9.97 Å². The van der Waals surface area contributed by atoms with Gasteiger partial charge in [-0.3, -0.25) is 9.59 Å². The van der Waals surface area contributed by atoms with Crippen LogP contribution in [0.1, 0.15) is 28.3 Å². The van der Waals surface area contributed by atoms with Crippen LogP contribution in [0.2, 0.25) is 0 Å². The van der Waals surface area contributed by atoms with E-state index in [9.17, 15) is 9.59 Å². The summed E-state index contributed by atoms with van der Waals surface area (Å²) >= 11 is 0. The first-order valence-corrected chi connectivity index (χ1v) is 7.04. The van der Waals surface area contributed by atoms with Crippen molar-refractivity contribution in [3.8, 4) is 0 Å². The van der Waals surface area contributed by atoms with Gasteiger partial charge in [0, 0.05) is 0 Å². The Morgan fingerprint density at radius 2 is 1.41 bits per heavy atom. The SMILES string of the molecule is Cc1cc(C)cc(C(N)c2ccc3[nH]c(=O)c(=O)[nH]c3c2)c1. The molecule has 0 spiro atoms. The summed E-state index contributed by atoms with van der Waals surface area (Å²) in [5.41, 5.74) is 10.4. The molecule has 5 nitrogen and oxygen atoms in total. The van der Waals surface area contributed by atoms with Gasteiger partial charge in [-0.15, -0.1) is 0 Å². The van der Waals surface area contributed by atoms with Gasteiger partial charge in [-0.2, -0.15) is 0 Å². The van der Waals surface area contributed by atoms with E-state index in [1.165, 1.54) is 0 Å². The average molecular weight is 295 g/mol. The normalized spacial score (nSPS) is 12.5. The Labute approximate surface area is 126 Å². The van der Waals surface area contributed by atoms with Gasteiger partial charge < -0.3 is 15.7 Å². The summed E-state index contributed by atoms with van der Waals surface area (Å²) in [6, 6.07) is 11.3. The van der Waals surface area contributed by atoms with Crippen LogP contribution >= 0.6 is 0 Å². The van der Waals surface area contributed by atoms with Crippen LogP contribution in [0.15, 0.2) is 46.0 Å². The molecule has 0 saturated heterocycles. The summed E-state index contributed by atoms with van der Waals surface area (Å²) in [6.07, 6.45) is 0. The summed E-state index contributed by atoms with van der Waals surface area (Å²) in [7, 11) is 0. The van der Waals surface area contributed by atoms with Crippen molar-refractivity contribution in [2.75, 3.05) is 0 Å². The standard InChI is InChI=1S/C17H17N3O2/c1-9-5-10(2)7-12(6-9)15(18)11-3-4-13-14(8-11)20-17(22)16(21)19-13/h3-8,15H,18H2,1-2H3,(H,19,21)(H,20,22). The molecular formula is C17H17N3O2. The molecule has 1 unspecified atom stereocenters. The van der Waals surface area contributed by atoms with E-state index < -0.39 is 11.1 Å². The van der Waals surface area contributed by atoms with Crippen LogP contribution in [0.4, 0.5) is 0 Å². The molecule has 1 aromatic heterocycles. The van der Waals surface area contributed by atoms with Crippen LogP contribution in [0.25, 0.3) is 11.0 Å². The maximum Gasteiger partial charge on any atom is 0.314 e. The minimum atomic E-state index is -0.662. The predicted molar refractivity (Wildman–Crippen MR) is 87.1 cm³/mol. The average Bonchev–Trinajstić information content (AvgIpc) is 2.46. The van der Waals surface area contributed by atoms with Crippen molar-refractivity contribution >= 4 is 11.0 Å². The second-order valence-electron chi connectivity index (χ2n) is 5.61. The first-order chi connectivity index (χ1) is 10.4. The van der Waals surface area contributed by atoms with Crippen molar-refractivity contribution in [3.63, 3.8) is 0 Å². The number of rotatable bonds is 2. The van der Waals surface area contributed by atoms with E-state index in [4.69, 9.17) is 5.73 Å². The van der Waals surface area contributed by atoms with E-state index in [1.807, 2.05) is 19.9 Å². The van der Waals surface area contributed by atoms with Gasteiger partial charge in [0.1, 0.15) is 0 Å². The lowest BCUT2D eigenvalue weighted by Crippen LogP contribution is -2.29. The van der Waals surface area contributed by atoms with Gasteiger partial charge in [-0.1, -0.05) is 35.4 Å². The zero-order valence-corrected chi connectivity index (χ0v) is 12.4. The lowest BCUT2D eigenvalue weighted by molar-refractivity contribution is 0.868. The van der Waals surface area contributed by atoms with Crippen molar-refractivity contribution in [3.05, 3.63) is 79.4 Å². The van der Waals surface area contributed by atoms with E-state index in [0.29, 0.717) is 11.0 Å². The van der Waals surface area contributed by atoms with Crippen molar-refractivity contribution in [1.82, 2.24) is 9.97 Å². The number of aromatic nitrogens is 2. The monoisotopic (exact) mass is 295 g/mol. The molecule has 0 radical (unpaired) electrons. The lowest BCUT2D eigenvalue weighted by Gasteiger charge is -2.15. The fraction of sp³-hybridized carbons (Fsp3) is 0.176. The van der Waals surface area contributed by atoms with Crippen LogP contribution in [0.3, 0.4) is 0 Å². The molecule has 0 aliphatic rings. The lowest BCUT2D eigenvalue weighted by atomic mass is 9.96. The zero-order valence-electron chi connectivity index (χ0n) is 12.4. The molecule has 1 heterocycles. The number of hydrogen-bond acceptors (Lipinski definition) is 3. The number of benzene rings is 2. The quantitative estimate of drug-likeness (QED) is 0.630. The van der Waals surface area contributed by atoms with Gasteiger partial charge >= 0.3 is 11.1 Å². The molecule has 5 heteroatoms. The van der Waals surface area contributed by atoms with Crippen LogP contribution < -0.4 is 16.9 Å². The summed E-state index contributed by atoms with van der Waals surface area (Å²) < 4.78 is 0. The van der Waals surface area contributed by atoms with E-state index >= 15 is 0 Å². The third kappa shape index (κ3) is 2.58. The largest absolute Gasteiger partial charge is 0.320 e. The maximum atomic E-state index is 11.4. The highest BCUT2D eigenvalue weighted by Gasteiger charge is 2.11. The first-order valence-electron chi connectivity index (χ1n) is 7.04. The second kappa shape index (κ2) is 5.27. The van der Waals surface area contributed by atoms with Gasteiger partial charge in [0.05, 0.1) is 17.1 Å². The van der Waals surface area contributed by atoms with Crippen molar-refractivity contribution < 1.29 is 0 Å². The second-order valence-corrected chi connectivity index (χ2v) is 5.61. The van der Waals surface area contributed by atoms with Crippen LogP contribution in [0, 0.1) is 13.8 Å². The van der Waals surface area contributed by atoms with Gasteiger partial charge in [-0.05, 0) is 37.1 Å². The minimum Gasteiger partial charge on any atom is -0.320 e. The summed E-state index contributed by atoms with van der Waals surface area (Å²) in [6.45, 7) is 4.07. The van der Waals surface area contributed by atoms with Crippen molar-refractivity contribution in [2.45, 2.75) is 19.9 Å². The molecule has 3 aromatic rings. The van der Waals surface area contributed by atoms with Gasteiger partial charge in [-0.25, -0.2) is 0 Å². The van der Waals surface area contributed by atoms with Gasteiger partial charge in [0.25, 0.3) is 0 Å². The van der Waals surface area contributed by atoms with Crippen molar-refractivity contribution in [2.24, 2.45) is 5.73 Å². The zero-order chi connectivity index (χ0) is 15.9. The number of aromatic amines is 2. The Balaban J connectivity index is 2.11. The molecule has 3 rings (SSSR count). The van der Waals surface area contributed by atoms with Crippen molar-refractivity contribution in [1.29, 1.82) is 0 Å². The molecule has 4 N–H and O–H groups in total. The number of aryl methyl sites for hydroxylation is 2. The summed E-state index contributed by atoms with van der Waals surface area (Å²) in [5.74, 6) is 0. The minimum absolute atomic E-state index is 0.293. The fourth-order valence-electron chi connectivity index (χ4n) is 2.71. The Kier molecular flexibility index (Phi) is 3.42. The van der Waals surface area contributed by atoms with Gasteiger partial charge in [0.15, 0.2) is 0 Å². The number of nitrogens with one attached hydrogen (secondary N) is 2.